The summed E-state index contributed by atoms with van der Waals surface area (Å²) >= 11 is 0. The van der Waals surface area contributed by atoms with E-state index in [0.717, 1.165) is 0 Å². The van der Waals surface area contributed by atoms with E-state index in [0.29, 0.717) is 24.7 Å². The quantitative estimate of drug-likeness (QED) is 0.806. The van der Waals surface area contributed by atoms with Crippen LogP contribution in [0.1, 0.15) is 13.3 Å². The summed E-state index contributed by atoms with van der Waals surface area (Å²) in [6.45, 7) is 2.79. The number of pyridine rings is 1. The fourth-order valence-electron chi connectivity index (χ4n) is 2.12. The largest absolute Gasteiger partial charge is 0.478 e. The topological polar surface area (TPSA) is 97.4 Å². The van der Waals surface area contributed by atoms with Gasteiger partial charge in [0, 0.05) is 25.1 Å². The highest BCUT2D eigenvalue weighted by Gasteiger charge is 2.25. The number of hydrogen-bond acceptors (Lipinski definition) is 6. The first-order valence-corrected chi connectivity index (χ1v) is 8.63. The van der Waals surface area contributed by atoms with Crippen LogP contribution in [0.4, 0.5) is 5.69 Å². The zero-order valence-electron chi connectivity index (χ0n) is 11.8. The van der Waals surface area contributed by atoms with Crippen LogP contribution in [-0.4, -0.2) is 50.0 Å². The van der Waals surface area contributed by atoms with E-state index in [4.69, 9.17) is 4.74 Å². The minimum atomic E-state index is -3.03. The third-order valence-corrected chi connectivity index (χ3v) is 4.78. The third-order valence-electron chi connectivity index (χ3n) is 3.05. The van der Waals surface area contributed by atoms with Crippen LogP contribution in [0.3, 0.4) is 0 Å². The molecule has 21 heavy (non-hydrogen) atoms. The lowest BCUT2D eigenvalue weighted by Crippen LogP contribution is -2.46. The maximum atomic E-state index is 11.9. The number of hydrogen-bond donors (Lipinski definition) is 2. The number of nitrogens with one attached hydrogen (secondary N) is 2. The summed E-state index contributed by atoms with van der Waals surface area (Å²) in [5.41, 5.74) is 0.558. The number of nitrogens with zero attached hydrogens (tertiary/aromatic N) is 1. The van der Waals surface area contributed by atoms with E-state index in [1.54, 1.807) is 12.1 Å². The molecule has 1 fully saturated rings. The second kappa shape index (κ2) is 6.86. The van der Waals surface area contributed by atoms with Crippen molar-refractivity contribution < 1.29 is 17.9 Å². The fourth-order valence-corrected chi connectivity index (χ4v) is 3.57. The van der Waals surface area contributed by atoms with Gasteiger partial charge in [-0.15, -0.1) is 0 Å². The van der Waals surface area contributed by atoms with E-state index in [1.807, 2.05) is 6.92 Å². The standard InChI is InChI=1S/C13H19N3O4S/c1-2-20-13-4-3-10(8-15-13)16-12(17)7-11-9-21(18,19)6-5-14-11/h3-4,8,11,14H,2,5-7,9H2,1H3,(H,16,17). The molecule has 8 heteroatoms. The first kappa shape index (κ1) is 15.7. The van der Waals surface area contributed by atoms with Gasteiger partial charge in [-0.2, -0.15) is 0 Å². The molecule has 1 aliphatic rings. The monoisotopic (exact) mass is 313 g/mol. The molecule has 0 spiro atoms. The average molecular weight is 313 g/mol. The Kier molecular flexibility index (Phi) is 5.13. The van der Waals surface area contributed by atoms with Gasteiger partial charge >= 0.3 is 0 Å². The molecule has 1 aromatic rings. The first-order chi connectivity index (χ1) is 9.98. The van der Waals surface area contributed by atoms with Crippen LogP contribution in [0.25, 0.3) is 0 Å². The molecule has 2 rings (SSSR count). The maximum absolute atomic E-state index is 11.9. The predicted molar refractivity (Wildman–Crippen MR) is 79.1 cm³/mol. The molecular weight excluding hydrogens is 294 g/mol. The SMILES string of the molecule is CCOc1ccc(NC(=O)CC2CS(=O)(=O)CCN2)cn1. The summed E-state index contributed by atoms with van der Waals surface area (Å²) in [4.78, 5) is 15.9. The molecule has 1 amide bonds. The molecule has 0 aromatic carbocycles. The van der Waals surface area contributed by atoms with Gasteiger partial charge in [0.15, 0.2) is 9.84 Å². The summed E-state index contributed by atoms with van der Waals surface area (Å²) in [5.74, 6) is 0.390. The van der Waals surface area contributed by atoms with Gasteiger partial charge in [-0.05, 0) is 13.0 Å². The number of carbonyl (C=O) groups is 1. The van der Waals surface area contributed by atoms with Gasteiger partial charge in [-0.25, -0.2) is 13.4 Å². The van der Waals surface area contributed by atoms with Crippen molar-refractivity contribution in [1.29, 1.82) is 0 Å². The number of carbonyl (C=O) groups excluding carboxylic acids is 1. The highest BCUT2D eigenvalue weighted by atomic mass is 32.2. The lowest BCUT2D eigenvalue weighted by Gasteiger charge is -2.23. The van der Waals surface area contributed by atoms with Crippen LogP contribution in [0.5, 0.6) is 5.88 Å². The normalized spacial score (nSPS) is 20.7. The molecule has 0 bridgehead atoms. The summed E-state index contributed by atoms with van der Waals surface area (Å²) in [7, 11) is -3.03. The van der Waals surface area contributed by atoms with E-state index < -0.39 is 9.84 Å². The van der Waals surface area contributed by atoms with Crippen LogP contribution in [0.2, 0.25) is 0 Å². The number of sulfone groups is 1. The highest BCUT2D eigenvalue weighted by molar-refractivity contribution is 7.91. The molecule has 2 N–H and O–H groups in total. The van der Waals surface area contributed by atoms with Crippen molar-refractivity contribution in [1.82, 2.24) is 10.3 Å². The van der Waals surface area contributed by atoms with Crippen LogP contribution >= 0.6 is 0 Å². The van der Waals surface area contributed by atoms with Crippen LogP contribution in [-0.2, 0) is 14.6 Å². The fraction of sp³-hybridized carbons (Fsp3) is 0.538. The Hall–Kier alpha value is -1.67. The Morgan fingerprint density at radius 2 is 2.33 bits per heavy atom. The Balaban J connectivity index is 1.86. The summed E-state index contributed by atoms with van der Waals surface area (Å²) in [6, 6.07) is 3.03. The number of anilines is 1. The summed E-state index contributed by atoms with van der Waals surface area (Å²) < 4.78 is 28.2. The van der Waals surface area contributed by atoms with E-state index >= 15 is 0 Å². The molecular formula is C13H19N3O4S. The Labute approximate surface area is 124 Å². The highest BCUT2D eigenvalue weighted by Crippen LogP contribution is 2.12. The molecule has 1 aliphatic heterocycles. The Morgan fingerprint density at radius 1 is 1.52 bits per heavy atom. The summed E-state index contributed by atoms with van der Waals surface area (Å²) in [5, 5.41) is 5.74. The van der Waals surface area contributed by atoms with Crippen LogP contribution in [0, 0.1) is 0 Å². The lowest BCUT2D eigenvalue weighted by atomic mass is 10.2. The van der Waals surface area contributed by atoms with Gasteiger partial charge in [0.2, 0.25) is 11.8 Å². The van der Waals surface area contributed by atoms with Crippen molar-refractivity contribution in [3.63, 3.8) is 0 Å². The van der Waals surface area contributed by atoms with E-state index in [9.17, 15) is 13.2 Å². The molecule has 2 heterocycles. The van der Waals surface area contributed by atoms with Crippen molar-refractivity contribution in [3.8, 4) is 5.88 Å². The molecule has 1 atom stereocenters. The zero-order valence-corrected chi connectivity index (χ0v) is 12.6. The Morgan fingerprint density at radius 3 is 2.95 bits per heavy atom. The number of amides is 1. The van der Waals surface area contributed by atoms with Gasteiger partial charge in [0.1, 0.15) is 0 Å². The van der Waals surface area contributed by atoms with Crippen molar-refractivity contribution in [3.05, 3.63) is 18.3 Å². The minimum Gasteiger partial charge on any atom is -0.478 e. The summed E-state index contributed by atoms with van der Waals surface area (Å²) in [6.07, 6.45) is 1.63. The maximum Gasteiger partial charge on any atom is 0.226 e. The van der Waals surface area contributed by atoms with Crippen molar-refractivity contribution >= 4 is 21.4 Å². The Bertz CT molecular complexity index is 586. The molecule has 7 nitrogen and oxygen atoms in total. The minimum absolute atomic E-state index is 0.00193. The third kappa shape index (κ3) is 4.98. The average Bonchev–Trinajstić information content (AvgIpc) is 2.40. The van der Waals surface area contributed by atoms with Gasteiger partial charge in [-0.3, -0.25) is 4.79 Å². The molecule has 0 radical (unpaired) electrons. The predicted octanol–water partition coefficient (Wildman–Crippen LogP) is 0.196. The molecule has 1 aromatic heterocycles. The molecule has 0 saturated carbocycles. The van der Waals surface area contributed by atoms with Gasteiger partial charge in [0.05, 0.1) is 30.0 Å². The lowest BCUT2D eigenvalue weighted by molar-refractivity contribution is -0.116. The van der Waals surface area contributed by atoms with Crippen LogP contribution in [0.15, 0.2) is 18.3 Å². The second-order valence-corrected chi connectivity index (χ2v) is 7.06. The van der Waals surface area contributed by atoms with E-state index in [-0.39, 0.29) is 29.9 Å². The molecule has 1 unspecified atom stereocenters. The molecule has 0 aliphatic carbocycles. The van der Waals surface area contributed by atoms with Crippen molar-refractivity contribution in [2.45, 2.75) is 19.4 Å². The van der Waals surface area contributed by atoms with Gasteiger partial charge in [0.25, 0.3) is 0 Å². The van der Waals surface area contributed by atoms with Crippen molar-refractivity contribution in [2.24, 2.45) is 0 Å². The molecule has 1 saturated heterocycles. The van der Waals surface area contributed by atoms with E-state index in [1.165, 1.54) is 6.20 Å². The van der Waals surface area contributed by atoms with Gasteiger partial charge < -0.3 is 15.4 Å². The molecule has 116 valence electrons. The zero-order chi connectivity index (χ0) is 15.3. The smallest absolute Gasteiger partial charge is 0.226 e. The number of ether oxygens (including phenoxy) is 1. The number of aromatic nitrogens is 1. The van der Waals surface area contributed by atoms with E-state index in [2.05, 4.69) is 15.6 Å². The second-order valence-electron chi connectivity index (χ2n) is 4.84. The van der Waals surface area contributed by atoms with Gasteiger partial charge in [-0.1, -0.05) is 0 Å². The number of rotatable bonds is 5. The first-order valence-electron chi connectivity index (χ1n) is 6.81. The van der Waals surface area contributed by atoms with Crippen molar-refractivity contribution in [2.75, 3.05) is 30.0 Å². The van der Waals surface area contributed by atoms with Crippen LogP contribution < -0.4 is 15.4 Å².